The zero-order chi connectivity index (χ0) is 14.8. The van der Waals surface area contributed by atoms with Crippen molar-refractivity contribution < 1.29 is 9.90 Å². The van der Waals surface area contributed by atoms with E-state index in [-0.39, 0.29) is 6.42 Å². The van der Waals surface area contributed by atoms with Crippen molar-refractivity contribution >= 4 is 17.6 Å². The molecule has 3 heteroatoms. The molecule has 0 bridgehead atoms. The van der Waals surface area contributed by atoms with Crippen molar-refractivity contribution in [3.8, 4) is 0 Å². The Labute approximate surface area is 119 Å². The Balaban J connectivity index is 4.20. The molecule has 0 aliphatic heterocycles. The van der Waals surface area contributed by atoms with E-state index in [0.29, 0.717) is 17.9 Å². The normalized spacial score (nSPS) is 10.8. The molecule has 0 aliphatic rings. The van der Waals surface area contributed by atoms with E-state index in [2.05, 4.69) is 26.3 Å². The molecule has 0 spiro atoms. The van der Waals surface area contributed by atoms with Crippen LogP contribution in [0.4, 0.5) is 0 Å². The highest BCUT2D eigenvalue weighted by molar-refractivity contribution is 6.30. The first-order valence-electron chi connectivity index (χ1n) is 5.81. The number of hydrogen-bond acceptors (Lipinski definition) is 1. The van der Waals surface area contributed by atoms with Crippen LogP contribution >= 0.6 is 11.6 Å². The SMILES string of the molecule is C=C(Cl)/C=C\C(=C)C(=C)/C=C\C(=C)CCCC(=O)O. The molecular formula is C16H19ClO2. The standard InChI is InChI=1S/C16H19ClO2/c1-12(6-5-7-16(18)19)8-9-13(2)14(3)10-11-15(4)17/h8-11H,1-7H2,(H,18,19)/b9-8-,11-10-. The molecule has 0 saturated carbocycles. The monoisotopic (exact) mass is 278 g/mol. The van der Waals surface area contributed by atoms with Gasteiger partial charge in [-0.15, -0.1) is 0 Å². The average Bonchev–Trinajstić information content (AvgIpc) is 2.32. The van der Waals surface area contributed by atoms with Crippen LogP contribution < -0.4 is 0 Å². The summed E-state index contributed by atoms with van der Waals surface area (Å²) in [5.74, 6) is -0.791. The van der Waals surface area contributed by atoms with Crippen molar-refractivity contribution in [2.75, 3.05) is 0 Å². The van der Waals surface area contributed by atoms with Gasteiger partial charge < -0.3 is 5.11 Å². The van der Waals surface area contributed by atoms with E-state index in [1.165, 1.54) is 0 Å². The molecule has 102 valence electrons. The lowest BCUT2D eigenvalue weighted by Crippen LogP contribution is -1.93. The summed E-state index contributed by atoms with van der Waals surface area (Å²) in [6.07, 6.45) is 8.38. The van der Waals surface area contributed by atoms with Gasteiger partial charge in [0.25, 0.3) is 0 Å². The van der Waals surface area contributed by atoms with Crippen LogP contribution in [-0.4, -0.2) is 11.1 Å². The number of aliphatic carboxylic acids is 1. The molecule has 1 N–H and O–H groups in total. The van der Waals surface area contributed by atoms with Gasteiger partial charge in [-0.2, -0.15) is 0 Å². The van der Waals surface area contributed by atoms with Gasteiger partial charge in [-0.25, -0.2) is 0 Å². The van der Waals surface area contributed by atoms with Crippen molar-refractivity contribution in [3.05, 3.63) is 72.4 Å². The second kappa shape index (κ2) is 9.17. The van der Waals surface area contributed by atoms with Crippen molar-refractivity contribution in [1.29, 1.82) is 0 Å². The zero-order valence-electron chi connectivity index (χ0n) is 11.0. The molecule has 0 fully saturated rings. The molecule has 0 aliphatic carbocycles. The van der Waals surface area contributed by atoms with Crippen LogP contribution in [0.2, 0.25) is 0 Å². The quantitative estimate of drug-likeness (QED) is 0.617. The van der Waals surface area contributed by atoms with Gasteiger partial charge in [0.05, 0.1) is 0 Å². The number of carbonyl (C=O) groups is 1. The summed E-state index contributed by atoms with van der Waals surface area (Å²) in [6, 6.07) is 0. The minimum Gasteiger partial charge on any atom is -0.481 e. The summed E-state index contributed by atoms with van der Waals surface area (Å²) in [5, 5.41) is 8.95. The van der Waals surface area contributed by atoms with Crippen LogP contribution in [-0.2, 0) is 4.79 Å². The lowest BCUT2D eigenvalue weighted by atomic mass is 10.1. The van der Waals surface area contributed by atoms with Crippen LogP contribution in [0.15, 0.2) is 72.4 Å². The number of hydrogen-bond donors (Lipinski definition) is 1. The Kier molecular flexibility index (Phi) is 8.30. The van der Waals surface area contributed by atoms with Crippen molar-refractivity contribution in [1.82, 2.24) is 0 Å². The molecule has 0 heterocycles. The van der Waals surface area contributed by atoms with E-state index in [4.69, 9.17) is 16.7 Å². The second-order valence-corrected chi connectivity index (χ2v) is 4.56. The highest BCUT2D eigenvalue weighted by Gasteiger charge is 1.97. The summed E-state index contributed by atoms with van der Waals surface area (Å²) in [5.41, 5.74) is 2.34. The lowest BCUT2D eigenvalue weighted by Gasteiger charge is -2.01. The Hall–Kier alpha value is -1.80. The largest absolute Gasteiger partial charge is 0.481 e. The fourth-order valence-corrected chi connectivity index (χ4v) is 1.24. The Morgan fingerprint density at radius 3 is 1.95 bits per heavy atom. The number of carboxylic acids is 1. The van der Waals surface area contributed by atoms with E-state index in [1.54, 1.807) is 18.2 Å². The Morgan fingerprint density at radius 2 is 1.47 bits per heavy atom. The summed E-state index contributed by atoms with van der Waals surface area (Å²) in [7, 11) is 0. The maximum absolute atomic E-state index is 10.4. The fourth-order valence-electron chi connectivity index (χ4n) is 1.17. The smallest absolute Gasteiger partial charge is 0.303 e. The molecule has 0 amide bonds. The second-order valence-electron chi connectivity index (χ2n) is 4.07. The molecule has 0 saturated heterocycles. The summed E-state index contributed by atoms with van der Waals surface area (Å²) in [4.78, 5) is 10.4. The first-order valence-corrected chi connectivity index (χ1v) is 6.19. The van der Waals surface area contributed by atoms with E-state index in [1.807, 2.05) is 6.08 Å². The first kappa shape index (κ1) is 17.2. The molecule has 0 aromatic rings. The summed E-state index contributed by atoms with van der Waals surface area (Å²) >= 11 is 5.60. The number of allylic oxidation sites excluding steroid dienone is 8. The van der Waals surface area contributed by atoms with E-state index < -0.39 is 5.97 Å². The Bertz CT molecular complexity index is 453. The lowest BCUT2D eigenvalue weighted by molar-refractivity contribution is -0.137. The van der Waals surface area contributed by atoms with Crippen LogP contribution in [0.1, 0.15) is 19.3 Å². The van der Waals surface area contributed by atoms with Gasteiger partial charge in [-0.3, -0.25) is 4.79 Å². The third kappa shape index (κ3) is 9.86. The highest BCUT2D eigenvalue weighted by Crippen LogP contribution is 2.13. The van der Waals surface area contributed by atoms with Crippen LogP contribution in [0.5, 0.6) is 0 Å². The predicted octanol–water partition coefficient (Wildman–Crippen LogP) is 4.77. The molecule has 0 radical (unpaired) electrons. The van der Waals surface area contributed by atoms with Gasteiger partial charge in [0.1, 0.15) is 0 Å². The first-order chi connectivity index (χ1) is 8.82. The highest BCUT2D eigenvalue weighted by atomic mass is 35.5. The molecule has 2 nitrogen and oxygen atoms in total. The third-order valence-corrected chi connectivity index (χ3v) is 2.41. The third-order valence-electron chi connectivity index (χ3n) is 2.29. The maximum atomic E-state index is 10.4. The van der Waals surface area contributed by atoms with Gasteiger partial charge >= 0.3 is 5.97 Å². The van der Waals surface area contributed by atoms with Crippen molar-refractivity contribution in [2.24, 2.45) is 0 Å². The molecule has 0 aromatic carbocycles. The summed E-state index contributed by atoms with van der Waals surface area (Å²) in [6.45, 7) is 15.1. The van der Waals surface area contributed by atoms with Crippen LogP contribution in [0.25, 0.3) is 0 Å². The van der Waals surface area contributed by atoms with Crippen molar-refractivity contribution in [3.63, 3.8) is 0 Å². The van der Waals surface area contributed by atoms with E-state index in [9.17, 15) is 4.79 Å². The molecule has 0 atom stereocenters. The van der Waals surface area contributed by atoms with Gasteiger partial charge in [0.2, 0.25) is 0 Å². The number of rotatable bonds is 9. The van der Waals surface area contributed by atoms with Crippen molar-refractivity contribution in [2.45, 2.75) is 19.3 Å². The zero-order valence-corrected chi connectivity index (χ0v) is 11.7. The molecule has 0 rings (SSSR count). The van der Waals surface area contributed by atoms with E-state index >= 15 is 0 Å². The fraction of sp³-hybridized carbons (Fsp3) is 0.188. The molecular weight excluding hydrogens is 260 g/mol. The number of halogens is 1. The number of carboxylic acid groups (broad SMARTS) is 1. The average molecular weight is 279 g/mol. The van der Waals surface area contributed by atoms with Crippen LogP contribution in [0.3, 0.4) is 0 Å². The van der Waals surface area contributed by atoms with Gasteiger partial charge in [-0.1, -0.05) is 61.7 Å². The molecule has 0 unspecified atom stereocenters. The predicted molar refractivity (Wildman–Crippen MR) is 82.2 cm³/mol. The topological polar surface area (TPSA) is 37.3 Å². The summed E-state index contributed by atoms with van der Waals surface area (Å²) < 4.78 is 0. The Morgan fingerprint density at radius 1 is 0.947 bits per heavy atom. The van der Waals surface area contributed by atoms with Gasteiger partial charge in [0, 0.05) is 11.5 Å². The minimum atomic E-state index is -0.791. The maximum Gasteiger partial charge on any atom is 0.303 e. The van der Waals surface area contributed by atoms with Gasteiger partial charge in [-0.05, 0) is 30.1 Å². The molecule has 0 aromatic heterocycles. The minimum absolute atomic E-state index is 0.154. The van der Waals surface area contributed by atoms with E-state index in [0.717, 1.165) is 16.7 Å². The molecule has 19 heavy (non-hydrogen) atoms. The van der Waals surface area contributed by atoms with Crippen LogP contribution in [0, 0.1) is 0 Å². The van der Waals surface area contributed by atoms with Gasteiger partial charge in [0.15, 0.2) is 0 Å².